The number of fused-ring (bicyclic) bond motifs is 8. The lowest BCUT2D eigenvalue weighted by Gasteiger charge is -2.09. The number of carbonyl (C=O) groups is 1. The molecule has 238 valence electrons. The molecule has 45 heavy (non-hydrogen) atoms. The molecule has 0 spiro atoms. The van der Waals surface area contributed by atoms with E-state index in [1.54, 1.807) is 0 Å². The van der Waals surface area contributed by atoms with E-state index in [2.05, 4.69) is 96.2 Å². The molecule has 8 bridgehead atoms. The van der Waals surface area contributed by atoms with Crippen LogP contribution >= 0.6 is 0 Å². The normalized spacial score (nSPS) is 12.4. The fourth-order valence-electron chi connectivity index (χ4n) is 7.12. The summed E-state index contributed by atoms with van der Waals surface area (Å²) in [6.45, 7) is 21.2. The predicted molar refractivity (Wildman–Crippen MR) is 191 cm³/mol. The summed E-state index contributed by atoms with van der Waals surface area (Å²) in [4.78, 5) is 27.6. The molecule has 6 nitrogen and oxygen atoms in total. The Morgan fingerprint density at radius 3 is 1.27 bits per heavy atom. The molecule has 0 atom stereocenters. The van der Waals surface area contributed by atoms with Crippen molar-refractivity contribution in [2.75, 3.05) is 0 Å². The average molecular weight is 607 g/mol. The molecule has 5 heterocycles. The quantitative estimate of drug-likeness (QED) is 0.165. The highest BCUT2D eigenvalue weighted by Gasteiger charge is 2.25. The van der Waals surface area contributed by atoms with Crippen molar-refractivity contribution < 1.29 is 9.90 Å². The van der Waals surface area contributed by atoms with Crippen LogP contribution in [-0.2, 0) is 43.3 Å². The molecule has 3 N–H and O–H groups in total. The summed E-state index contributed by atoms with van der Waals surface area (Å²) in [6.07, 6.45) is 12.9. The van der Waals surface area contributed by atoms with Gasteiger partial charge in [0.2, 0.25) is 0 Å². The molecule has 6 heteroatoms. The maximum Gasteiger partial charge on any atom is 0.327 e. The van der Waals surface area contributed by atoms with E-state index in [0.29, 0.717) is 0 Å². The van der Waals surface area contributed by atoms with E-state index in [0.717, 1.165) is 68.8 Å². The second kappa shape index (κ2) is 14.7. The highest BCUT2D eigenvalue weighted by atomic mass is 16.4. The third-order valence-corrected chi connectivity index (χ3v) is 9.11. The molecule has 0 fully saturated rings. The smallest absolute Gasteiger partial charge is 0.327 e. The molecule has 0 aromatic carbocycles. The van der Waals surface area contributed by atoms with E-state index in [-0.39, 0.29) is 0 Å². The van der Waals surface area contributed by atoms with Gasteiger partial charge in [0, 0.05) is 39.3 Å². The minimum absolute atomic E-state index is 0.833. The first-order valence-electron chi connectivity index (χ1n) is 16.8. The van der Waals surface area contributed by atoms with Crippen molar-refractivity contribution >= 4 is 51.3 Å². The maximum atomic E-state index is 9.25. The van der Waals surface area contributed by atoms with Crippen molar-refractivity contribution in [1.82, 2.24) is 19.9 Å². The molecular weight excluding hydrogens is 556 g/mol. The van der Waals surface area contributed by atoms with E-state index in [4.69, 9.17) is 15.1 Å². The minimum Gasteiger partial charge on any atom is -0.478 e. The second-order valence-electron chi connectivity index (χ2n) is 11.4. The van der Waals surface area contributed by atoms with Gasteiger partial charge in [-0.25, -0.2) is 14.8 Å². The summed E-state index contributed by atoms with van der Waals surface area (Å²) in [5.74, 6) is -0.981. The van der Waals surface area contributed by atoms with E-state index in [9.17, 15) is 4.79 Å². The third-order valence-electron chi connectivity index (χ3n) is 9.11. The van der Waals surface area contributed by atoms with Crippen LogP contribution in [0, 0.1) is 0 Å². The van der Waals surface area contributed by atoms with E-state index in [1.165, 1.54) is 78.0 Å². The summed E-state index contributed by atoms with van der Waals surface area (Å²) < 4.78 is 0. The van der Waals surface area contributed by atoms with Crippen LogP contribution in [0.3, 0.4) is 0 Å². The summed E-state index contributed by atoms with van der Waals surface area (Å²) in [5, 5.41) is 7.60. The molecule has 0 saturated heterocycles. The van der Waals surface area contributed by atoms with Gasteiger partial charge in [-0.2, -0.15) is 0 Å². The van der Waals surface area contributed by atoms with Crippen molar-refractivity contribution in [3.8, 4) is 0 Å². The number of aliphatic carboxylic acids is 1. The summed E-state index contributed by atoms with van der Waals surface area (Å²) in [5.41, 5.74) is 20.4. The van der Waals surface area contributed by atoms with E-state index >= 15 is 0 Å². The zero-order valence-corrected chi connectivity index (χ0v) is 28.5. The Bertz CT molecular complexity index is 1710. The molecule has 0 aliphatic carbocycles. The van der Waals surface area contributed by atoms with Crippen LogP contribution in [0.5, 0.6) is 0 Å². The van der Waals surface area contributed by atoms with Gasteiger partial charge in [0.1, 0.15) is 0 Å². The number of aryl methyl sites for hydroxylation is 6. The van der Waals surface area contributed by atoms with Crippen LogP contribution in [0.4, 0.5) is 0 Å². The molecule has 3 aromatic heterocycles. The number of aromatic amines is 2. The van der Waals surface area contributed by atoms with Crippen molar-refractivity contribution in [1.29, 1.82) is 0 Å². The van der Waals surface area contributed by atoms with Crippen LogP contribution in [0.1, 0.15) is 124 Å². The van der Waals surface area contributed by atoms with Gasteiger partial charge in [0.25, 0.3) is 0 Å². The predicted octanol–water partition coefficient (Wildman–Crippen LogP) is 9.85. The number of aromatic nitrogens is 4. The van der Waals surface area contributed by atoms with Crippen LogP contribution in [0.15, 0.2) is 24.8 Å². The first-order chi connectivity index (χ1) is 21.7. The standard InChI is InChI=1S/C36H46N4.C3H4O2/c1-9-23-25(11-3)33-29(15-7)35-27(13-5)28(14-6)36(40-35)30(16-8)34-26(12-4)24(10-2)32(39-34)20-22-18-17-21(37-22)19-31(23)38-33;1-2-3(4)5/h17-20,38-39H,9-16H2,1-8H3;2H,1H2,(H,4,5). The molecule has 5 rings (SSSR count). The topological polar surface area (TPSA) is 94.7 Å². The van der Waals surface area contributed by atoms with Crippen molar-refractivity contribution in [3.05, 3.63) is 80.9 Å². The molecular formula is C39H50N4O2. The number of H-pyrrole nitrogens is 2. The van der Waals surface area contributed by atoms with Gasteiger partial charge in [-0.15, -0.1) is 0 Å². The first-order valence-corrected chi connectivity index (χ1v) is 16.8. The molecule has 0 unspecified atom stereocenters. The Morgan fingerprint density at radius 1 is 0.622 bits per heavy atom. The Balaban J connectivity index is 0.000000854. The lowest BCUT2D eigenvalue weighted by molar-refractivity contribution is -0.131. The summed E-state index contributed by atoms with van der Waals surface area (Å²) in [6, 6.07) is 4.47. The van der Waals surface area contributed by atoms with Gasteiger partial charge in [0.15, 0.2) is 0 Å². The van der Waals surface area contributed by atoms with Gasteiger partial charge in [-0.1, -0.05) is 62.0 Å². The number of nitrogens with zero attached hydrogens (tertiary/aromatic N) is 2. The Morgan fingerprint density at radius 2 is 0.978 bits per heavy atom. The van der Waals surface area contributed by atoms with E-state index in [1.807, 2.05) is 0 Å². The molecule has 2 aliphatic rings. The summed E-state index contributed by atoms with van der Waals surface area (Å²) in [7, 11) is 0. The van der Waals surface area contributed by atoms with Gasteiger partial charge in [0.05, 0.1) is 22.8 Å². The highest BCUT2D eigenvalue weighted by Crippen LogP contribution is 2.40. The first kappa shape index (κ1) is 33.7. The Kier molecular flexibility index (Phi) is 11.0. The molecule has 3 aromatic rings. The Labute approximate surface area is 268 Å². The van der Waals surface area contributed by atoms with E-state index < -0.39 is 5.97 Å². The number of carboxylic acids is 1. The van der Waals surface area contributed by atoms with Crippen LogP contribution < -0.4 is 0 Å². The number of carboxylic acid groups (broad SMARTS) is 1. The summed E-state index contributed by atoms with van der Waals surface area (Å²) >= 11 is 0. The third kappa shape index (κ3) is 6.33. The highest BCUT2D eigenvalue weighted by molar-refractivity contribution is 5.96. The van der Waals surface area contributed by atoms with Crippen LogP contribution in [0.25, 0.3) is 45.4 Å². The number of allylic oxidation sites excluding steroid dienone is 2. The van der Waals surface area contributed by atoms with Crippen LogP contribution in [-0.4, -0.2) is 31.0 Å². The molecule has 2 aliphatic heterocycles. The number of hydrogen-bond acceptors (Lipinski definition) is 3. The van der Waals surface area contributed by atoms with Gasteiger partial charge < -0.3 is 15.1 Å². The lowest BCUT2D eigenvalue weighted by atomic mass is 9.93. The molecule has 0 saturated carbocycles. The fourth-order valence-corrected chi connectivity index (χ4v) is 7.12. The average Bonchev–Trinajstić information content (AvgIpc) is 3.81. The number of nitrogens with one attached hydrogen (secondary N) is 2. The zero-order valence-electron chi connectivity index (χ0n) is 28.5. The van der Waals surface area contributed by atoms with Crippen LogP contribution in [0.2, 0.25) is 0 Å². The van der Waals surface area contributed by atoms with Gasteiger partial charge in [-0.3, -0.25) is 0 Å². The van der Waals surface area contributed by atoms with Gasteiger partial charge in [-0.05, 0) is 109 Å². The maximum absolute atomic E-state index is 9.25. The SMILES string of the molecule is C=CC(=O)O.CCC1=C(CC)c2nc1c(CC)c1[nH]c(cc3nc(cc4[nH]c(c2CC)c(CC)c4CC)C=C3)c(CC)c1CC. The Hall–Kier alpha value is -4.19. The number of hydrogen-bond donors (Lipinski definition) is 3. The molecule has 0 radical (unpaired) electrons. The fraction of sp³-hybridized carbons (Fsp3) is 0.410. The monoisotopic (exact) mass is 606 g/mol. The lowest BCUT2D eigenvalue weighted by Crippen LogP contribution is -1.95. The van der Waals surface area contributed by atoms with Gasteiger partial charge >= 0.3 is 5.97 Å². The van der Waals surface area contributed by atoms with Crippen molar-refractivity contribution in [2.45, 2.75) is 107 Å². The number of rotatable bonds is 9. The second-order valence-corrected chi connectivity index (χ2v) is 11.4. The largest absolute Gasteiger partial charge is 0.478 e. The van der Waals surface area contributed by atoms with Crippen molar-refractivity contribution in [2.24, 2.45) is 0 Å². The molecule has 0 amide bonds. The van der Waals surface area contributed by atoms with Crippen molar-refractivity contribution in [3.63, 3.8) is 0 Å². The zero-order chi connectivity index (χ0) is 32.8. The minimum atomic E-state index is -0.981.